The molecule has 22 heteroatoms. The van der Waals surface area contributed by atoms with E-state index in [9.17, 15) is 37.8 Å². The van der Waals surface area contributed by atoms with E-state index in [-0.39, 0.29) is 0 Å². The van der Waals surface area contributed by atoms with Gasteiger partial charge in [-0.15, -0.1) is 5.92 Å². The van der Waals surface area contributed by atoms with E-state index in [2.05, 4.69) is 35.0 Å². The number of hydrogen-bond donors (Lipinski definition) is 8. The van der Waals surface area contributed by atoms with Crippen molar-refractivity contribution >= 4 is 40.4 Å². The van der Waals surface area contributed by atoms with Gasteiger partial charge in [0.1, 0.15) is 17.6 Å². The number of rotatable bonds is 8. The Labute approximate surface area is 202 Å². The predicted molar refractivity (Wildman–Crippen MR) is 115 cm³/mol. The molecule has 10 N–H and O–H groups in total. The number of anilines is 1. The summed E-state index contributed by atoms with van der Waals surface area (Å²) in [6, 6.07) is 0. The van der Waals surface area contributed by atoms with Gasteiger partial charge in [-0.1, -0.05) is 5.92 Å². The van der Waals surface area contributed by atoms with Crippen molar-refractivity contribution in [3.05, 3.63) is 22.4 Å². The maximum Gasteiger partial charge on any atom is 0.490 e. The summed E-state index contributed by atoms with van der Waals surface area (Å²) in [6.07, 6.45) is -5.86. The number of fused-ring (bicyclic) bond motifs is 1. The van der Waals surface area contributed by atoms with Crippen molar-refractivity contribution in [3.63, 3.8) is 0 Å². The fourth-order valence-corrected chi connectivity index (χ4v) is 6.06. The van der Waals surface area contributed by atoms with E-state index >= 15 is 0 Å². The van der Waals surface area contributed by atoms with Gasteiger partial charge < -0.3 is 40.9 Å². The van der Waals surface area contributed by atoms with Crippen LogP contribution in [-0.4, -0.2) is 63.5 Å². The van der Waals surface area contributed by atoms with Crippen LogP contribution in [-0.2, 0) is 31.6 Å². The first kappa shape index (κ1) is 25.6. The fourth-order valence-electron chi connectivity index (χ4n) is 3.18. The lowest BCUT2D eigenvalue weighted by molar-refractivity contribution is -0.0437. The Morgan fingerprint density at radius 2 is 1.97 bits per heavy atom. The Balaban J connectivity index is 2.02. The van der Waals surface area contributed by atoms with Gasteiger partial charge in [-0.3, -0.25) is 18.9 Å². The molecule has 0 aromatic carbocycles. The van der Waals surface area contributed by atoms with Crippen molar-refractivity contribution in [1.29, 1.82) is 0 Å². The zero-order chi connectivity index (χ0) is 29.1. The number of phosphoric ester groups is 1. The smallest absolute Gasteiger partial charge is 0.387 e. The van der Waals surface area contributed by atoms with Gasteiger partial charge in [0.2, 0.25) is 5.95 Å². The Hall–Kier alpha value is -2.00. The van der Waals surface area contributed by atoms with Crippen LogP contribution in [0.5, 0.6) is 0 Å². The van der Waals surface area contributed by atoms with Crippen LogP contribution in [0.2, 0.25) is 0 Å². The molecule has 1 fully saturated rings. The van der Waals surface area contributed by atoms with E-state index in [1.165, 1.54) is 6.92 Å². The molecule has 2 aromatic rings. The molecular weight excluding hydrogens is 558 g/mol. The summed E-state index contributed by atoms with van der Waals surface area (Å²) in [5.41, 5.74) is 7.86. The van der Waals surface area contributed by atoms with Gasteiger partial charge in [-0.05, 0) is 6.92 Å². The molecule has 0 spiro atoms. The SMILES string of the molecule is [2H]C([2H])(OP(=O)(O)OP(=O)(O)OP(=O)(O)O)[C@H]1O[C@@H](n2cc(F)c3c(=O)[nH]c(N)nc32)C(N)(C#CC)[C@H]1O. The minimum Gasteiger partial charge on any atom is -0.387 e. The van der Waals surface area contributed by atoms with Gasteiger partial charge in [-0.2, -0.15) is 13.6 Å². The second-order valence-corrected chi connectivity index (χ2v) is 11.3. The number of aromatic nitrogens is 3. The highest BCUT2D eigenvalue weighted by molar-refractivity contribution is 7.66. The molecule has 1 aliphatic rings. The third-order valence-electron chi connectivity index (χ3n) is 4.41. The number of nitrogens with two attached hydrogens (primary N) is 2. The zero-order valence-corrected chi connectivity index (χ0v) is 20.3. The van der Waals surface area contributed by atoms with Crippen LogP contribution in [0.1, 0.15) is 15.9 Å². The lowest BCUT2D eigenvalue weighted by Gasteiger charge is -2.28. The topological polar surface area (TPSA) is 292 Å². The molecule has 3 heterocycles. The normalized spacial score (nSPS) is 29.1. The van der Waals surface area contributed by atoms with Gasteiger partial charge in [-0.25, -0.2) is 18.1 Å². The fraction of sp³-hybridized carbons (Fsp3) is 0.429. The van der Waals surface area contributed by atoms with Crippen LogP contribution >= 0.6 is 23.5 Å². The number of aromatic amines is 1. The van der Waals surface area contributed by atoms with Crippen LogP contribution in [0.25, 0.3) is 11.0 Å². The molecule has 3 unspecified atom stereocenters. The molecule has 0 radical (unpaired) electrons. The van der Waals surface area contributed by atoms with Crippen LogP contribution in [0.15, 0.2) is 11.0 Å². The molecule has 1 saturated heterocycles. The molecule has 6 atom stereocenters. The van der Waals surface area contributed by atoms with Crippen molar-refractivity contribution in [2.24, 2.45) is 5.73 Å². The number of halogens is 1. The van der Waals surface area contributed by atoms with E-state index in [1.54, 1.807) is 0 Å². The zero-order valence-electron chi connectivity index (χ0n) is 19.6. The Morgan fingerprint density at radius 3 is 2.56 bits per heavy atom. The van der Waals surface area contributed by atoms with E-state index in [0.717, 1.165) is 4.57 Å². The minimum absolute atomic E-state index is 0.468. The highest BCUT2D eigenvalue weighted by Crippen LogP contribution is 2.66. The number of aliphatic hydroxyl groups excluding tert-OH is 1. The number of nitrogen functional groups attached to an aromatic ring is 1. The molecule has 3 rings (SSSR count). The van der Waals surface area contributed by atoms with Crippen molar-refractivity contribution in [2.75, 3.05) is 12.3 Å². The molecule has 2 aromatic heterocycles. The first-order valence-electron chi connectivity index (χ1n) is 10.1. The average Bonchev–Trinajstić information content (AvgIpc) is 3.12. The summed E-state index contributed by atoms with van der Waals surface area (Å²) in [7, 11) is -17.8. The summed E-state index contributed by atoms with van der Waals surface area (Å²) >= 11 is 0. The molecule has 200 valence electrons. The van der Waals surface area contributed by atoms with Gasteiger partial charge >= 0.3 is 23.5 Å². The maximum atomic E-state index is 14.6. The first-order chi connectivity index (χ1) is 17.1. The van der Waals surface area contributed by atoms with Gasteiger partial charge in [0.15, 0.2) is 23.2 Å². The molecule has 0 bridgehead atoms. The van der Waals surface area contributed by atoms with E-state index in [0.29, 0.717) is 6.20 Å². The van der Waals surface area contributed by atoms with E-state index in [1.807, 2.05) is 0 Å². The van der Waals surface area contributed by atoms with Crippen molar-refractivity contribution in [2.45, 2.75) is 30.9 Å². The summed E-state index contributed by atoms with van der Waals surface area (Å²) in [5.74, 6) is 3.06. The highest BCUT2D eigenvalue weighted by Gasteiger charge is 2.55. The third-order valence-corrected chi connectivity index (χ3v) is 8.07. The monoisotopic (exact) mass is 579 g/mol. The van der Waals surface area contributed by atoms with Crippen LogP contribution in [0, 0.1) is 17.7 Å². The van der Waals surface area contributed by atoms with Crippen LogP contribution in [0.4, 0.5) is 10.3 Å². The third kappa shape index (κ3) is 5.93. The van der Waals surface area contributed by atoms with Crippen molar-refractivity contribution in [3.8, 4) is 11.8 Å². The molecule has 0 amide bonds. The Bertz CT molecular complexity index is 1540. The van der Waals surface area contributed by atoms with Crippen LogP contribution in [0.3, 0.4) is 0 Å². The molecule has 0 aliphatic carbocycles. The van der Waals surface area contributed by atoms with Crippen molar-refractivity contribution in [1.82, 2.24) is 14.5 Å². The van der Waals surface area contributed by atoms with Gasteiger partial charge in [0, 0.05) is 6.20 Å². The van der Waals surface area contributed by atoms with Crippen LogP contribution < -0.4 is 17.0 Å². The van der Waals surface area contributed by atoms with Gasteiger partial charge in [0.05, 0.1) is 9.30 Å². The van der Waals surface area contributed by atoms with E-state index in [4.69, 9.17) is 28.7 Å². The summed E-state index contributed by atoms with van der Waals surface area (Å²) in [4.78, 5) is 54.2. The Kier molecular flexibility index (Phi) is 6.91. The number of aliphatic hydroxyl groups is 1. The minimum atomic E-state index is -6.06. The summed E-state index contributed by atoms with van der Waals surface area (Å²) < 4.78 is 82.5. The second kappa shape index (κ2) is 9.71. The first-order valence-corrected chi connectivity index (χ1v) is 13.6. The number of ether oxygens (including phenoxy) is 1. The molecule has 18 nitrogen and oxygen atoms in total. The molecule has 36 heavy (non-hydrogen) atoms. The molecule has 0 saturated carbocycles. The number of nitrogens with one attached hydrogen (secondary N) is 1. The highest BCUT2D eigenvalue weighted by atomic mass is 31.3. The standard InChI is InChI=1S/C14H19FN5O13P3/c1-2-3-14(17)9(21)7(5-30-35(26,27)33-36(28,29)32-34(23,24)25)31-12(14)20-4-6(15)8-10(20)18-13(16)19-11(8)22/h4,7,9,12,21H,5,17H2,1H3,(H,26,27)(H,28,29)(H2,23,24,25)(H3,16,18,19,22)/t7-,9+,12-,14?/m1/s1/i5D2. The Morgan fingerprint density at radius 1 is 1.33 bits per heavy atom. The quantitative estimate of drug-likeness (QED) is 0.134. The average molecular weight is 579 g/mol. The number of phosphoric acid groups is 3. The predicted octanol–water partition coefficient (Wildman–Crippen LogP) is -1.23. The second-order valence-electron chi connectivity index (χ2n) is 7.00. The largest absolute Gasteiger partial charge is 0.490 e. The lowest BCUT2D eigenvalue weighted by atomic mass is 9.91. The number of nitrogens with zero attached hydrogens (tertiary/aromatic N) is 2. The molecular formula is C14H19FN5O13P3. The van der Waals surface area contributed by atoms with Crippen molar-refractivity contribution < 1.29 is 63.4 Å². The lowest BCUT2D eigenvalue weighted by Crippen LogP contribution is -2.53. The van der Waals surface area contributed by atoms with E-state index < -0.39 is 82.4 Å². The van der Waals surface area contributed by atoms with Gasteiger partial charge in [0.25, 0.3) is 5.56 Å². The maximum absolute atomic E-state index is 14.6. The summed E-state index contributed by atoms with van der Waals surface area (Å²) in [6.45, 7) is -2.40. The number of hydrogen-bond acceptors (Lipinski definition) is 12. The molecule has 1 aliphatic heterocycles. The number of H-pyrrole nitrogens is 1. The summed E-state index contributed by atoms with van der Waals surface area (Å²) in [5, 5.41) is 10.2.